The van der Waals surface area contributed by atoms with Crippen LogP contribution in [-0.4, -0.2) is 39.2 Å². The molecule has 2 heterocycles. The summed E-state index contributed by atoms with van der Waals surface area (Å²) in [5.41, 5.74) is 0.979. The van der Waals surface area contributed by atoms with Crippen molar-refractivity contribution in [2.24, 2.45) is 0 Å². The number of hydrogen-bond donors (Lipinski definition) is 1. The molecule has 0 saturated heterocycles. The third-order valence-corrected chi connectivity index (χ3v) is 4.90. The molecule has 0 aliphatic heterocycles. The molecule has 25 heavy (non-hydrogen) atoms. The average Bonchev–Trinajstić information content (AvgIpc) is 3.02. The number of anilines is 3. The molecule has 9 heteroatoms. The van der Waals surface area contributed by atoms with Gasteiger partial charge in [-0.15, -0.1) is 10.2 Å². The Labute approximate surface area is 155 Å². The van der Waals surface area contributed by atoms with Crippen molar-refractivity contribution in [1.82, 2.24) is 25.1 Å². The molecular weight excluding hydrogens is 354 g/mol. The van der Waals surface area contributed by atoms with Gasteiger partial charge in [0.05, 0.1) is 0 Å². The molecule has 0 bridgehead atoms. The molecule has 0 aliphatic carbocycles. The Bertz CT molecular complexity index is 807. The van der Waals surface area contributed by atoms with Gasteiger partial charge in [-0.05, 0) is 23.9 Å². The largest absolute Gasteiger partial charge is 0.347 e. The van der Waals surface area contributed by atoms with E-state index in [0.717, 1.165) is 21.0 Å². The highest BCUT2D eigenvalue weighted by atomic mass is 32.2. The molecule has 0 fully saturated rings. The lowest BCUT2D eigenvalue weighted by atomic mass is 10.2. The fraction of sp³-hybridized carbons (Fsp3) is 0.312. The second-order valence-electron chi connectivity index (χ2n) is 5.79. The topological polar surface area (TPSA) is 79.7 Å². The molecular formula is C16H19N7S2. The molecule has 0 saturated carbocycles. The van der Waals surface area contributed by atoms with Crippen molar-refractivity contribution in [3.63, 3.8) is 0 Å². The molecule has 3 rings (SSSR count). The molecule has 1 aromatic carbocycles. The summed E-state index contributed by atoms with van der Waals surface area (Å²) in [6, 6.07) is 9.89. The van der Waals surface area contributed by atoms with Crippen molar-refractivity contribution >= 4 is 39.9 Å². The van der Waals surface area contributed by atoms with E-state index in [2.05, 4.69) is 44.3 Å². The maximum absolute atomic E-state index is 4.54. The first-order valence-corrected chi connectivity index (χ1v) is 9.41. The summed E-state index contributed by atoms with van der Waals surface area (Å²) < 4.78 is 0.782. The molecule has 3 aromatic rings. The van der Waals surface area contributed by atoms with Crippen LogP contribution < -0.4 is 10.2 Å². The third kappa shape index (κ3) is 4.64. The van der Waals surface area contributed by atoms with Gasteiger partial charge in [0.15, 0.2) is 9.50 Å². The molecule has 0 unspecified atom stereocenters. The van der Waals surface area contributed by atoms with Crippen LogP contribution in [-0.2, 0) is 0 Å². The molecule has 130 valence electrons. The lowest BCUT2D eigenvalue weighted by Crippen LogP contribution is -2.15. The first-order chi connectivity index (χ1) is 12.0. The molecule has 0 radical (unpaired) electrons. The van der Waals surface area contributed by atoms with Crippen LogP contribution in [0.3, 0.4) is 0 Å². The van der Waals surface area contributed by atoms with Crippen LogP contribution in [0.2, 0.25) is 0 Å². The molecule has 0 atom stereocenters. The van der Waals surface area contributed by atoms with E-state index in [1.165, 1.54) is 23.1 Å². The molecule has 2 aromatic heterocycles. The van der Waals surface area contributed by atoms with Gasteiger partial charge >= 0.3 is 0 Å². The summed E-state index contributed by atoms with van der Waals surface area (Å²) in [6.45, 7) is 4.13. The molecule has 1 N–H and O–H groups in total. The number of rotatable bonds is 6. The summed E-state index contributed by atoms with van der Waals surface area (Å²) >= 11 is 2.86. The summed E-state index contributed by atoms with van der Waals surface area (Å²) in [4.78, 5) is 15.4. The number of aromatic nitrogens is 5. The fourth-order valence-electron chi connectivity index (χ4n) is 1.89. The maximum atomic E-state index is 4.54. The Morgan fingerprint density at radius 1 is 1.04 bits per heavy atom. The first-order valence-electron chi connectivity index (χ1n) is 7.78. The Hall–Kier alpha value is -2.26. The van der Waals surface area contributed by atoms with Gasteiger partial charge in [-0.2, -0.15) is 9.97 Å². The summed E-state index contributed by atoms with van der Waals surface area (Å²) in [5, 5.41) is 13.0. The van der Waals surface area contributed by atoms with Crippen molar-refractivity contribution in [3.8, 4) is 0 Å². The number of nitrogens with one attached hydrogen (secondary N) is 1. The second kappa shape index (κ2) is 7.75. The lowest BCUT2D eigenvalue weighted by molar-refractivity contribution is 0.716. The van der Waals surface area contributed by atoms with E-state index in [0.29, 0.717) is 11.1 Å². The van der Waals surface area contributed by atoms with E-state index in [1.54, 1.807) is 0 Å². The smallest absolute Gasteiger partial charge is 0.229 e. The van der Waals surface area contributed by atoms with E-state index in [1.807, 2.05) is 49.3 Å². The molecule has 7 nitrogen and oxygen atoms in total. The Kier molecular flexibility index (Phi) is 5.44. The molecule has 0 aliphatic rings. The number of hydrogen-bond acceptors (Lipinski definition) is 9. The van der Waals surface area contributed by atoms with Crippen LogP contribution in [0.1, 0.15) is 25.6 Å². The predicted octanol–water partition coefficient (Wildman–Crippen LogP) is 3.81. The van der Waals surface area contributed by atoms with Gasteiger partial charge in [-0.1, -0.05) is 43.4 Å². The number of benzene rings is 1. The van der Waals surface area contributed by atoms with Gasteiger partial charge < -0.3 is 10.2 Å². The zero-order valence-corrected chi connectivity index (χ0v) is 16.1. The zero-order valence-electron chi connectivity index (χ0n) is 14.5. The minimum absolute atomic E-state index is 0.228. The highest BCUT2D eigenvalue weighted by molar-refractivity contribution is 8.00. The van der Waals surface area contributed by atoms with E-state index >= 15 is 0 Å². The Balaban J connectivity index is 1.78. The van der Waals surface area contributed by atoms with Gasteiger partial charge in [0.1, 0.15) is 5.82 Å². The minimum Gasteiger partial charge on any atom is -0.347 e. The standard InChI is InChI=1S/C16H19N7S2/c1-10(2)12-18-13(23(3)4)20-14(19-12)24-16-22-21-15(25-16)17-11-8-6-5-7-9-11/h5-10H,1-4H3,(H,17,21). The van der Waals surface area contributed by atoms with Crippen LogP contribution in [0.25, 0.3) is 0 Å². The van der Waals surface area contributed by atoms with Crippen LogP contribution in [0, 0.1) is 0 Å². The highest BCUT2D eigenvalue weighted by Gasteiger charge is 2.14. The summed E-state index contributed by atoms with van der Waals surface area (Å²) in [5.74, 6) is 1.65. The van der Waals surface area contributed by atoms with E-state index in [-0.39, 0.29) is 5.92 Å². The minimum atomic E-state index is 0.228. The van der Waals surface area contributed by atoms with Crippen LogP contribution >= 0.6 is 23.1 Å². The van der Waals surface area contributed by atoms with Crippen molar-refractivity contribution in [1.29, 1.82) is 0 Å². The third-order valence-electron chi connectivity index (χ3n) is 3.15. The van der Waals surface area contributed by atoms with Gasteiger partial charge in [0.25, 0.3) is 0 Å². The van der Waals surface area contributed by atoms with Crippen molar-refractivity contribution in [3.05, 3.63) is 36.2 Å². The summed E-state index contributed by atoms with van der Waals surface area (Å²) in [7, 11) is 3.83. The van der Waals surface area contributed by atoms with Gasteiger partial charge in [-0.25, -0.2) is 4.98 Å². The van der Waals surface area contributed by atoms with E-state index < -0.39 is 0 Å². The SMILES string of the molecule is CC(C)c1nc(Sc2nnc(Nc3ccccc3)s2)nc(N(C)C)n1. The quantitative estimate of drug-likeness (QED) is 0.699. The first kappa shape index (κ1) is 17.6. The average molecular weight is 374 g/mol. The number of nitrogens with zero attached hydrogens (tertiary/aromatic N) is 6. The van der Waals surface area contributed by atoms with Gasteiger partial charge in [0.2, 0.25) is 11.1 Å². The normalized spacial score (nSPS) is 10.9. The zero-order chi connectivity index (χ0) is 17.8. The molecule has 0 spiro atoms. The van der Waals surface area contributed by atoms with E-state index in [9.17, 15) is 0 Å². The molecule has 0 amide bonds. The summed E-state index contributed by atoms with van der Waals surface area (Å²) in [6.07, 6.45) is 0. The van der Waals surface area contributed by atoms with Crippen LogP contribution in [0.4, 0.5) is 16.8 Å². The number of para-hydroxylation sites is 1. The Morgan fingerprint density at radius 2 is 1.80 bits per heavy atom. The monoisotopic (exact) mass is 373 g/mol. The van der Waals surface area contributed by atoms with Gasteiger partial charge in [0, 0.05) is 25.7 Å². The van der Waals surface area contributed by atoms with Crippen molar-refractivity contribution < 1.29 is 0 Å². The predicted molar refractivity (Wildman–Crippen MR) is 102 cm³/mol. The maximum Gasteiger partial charge on any atom is 0.229 e. The van der Waals surface area contributed by atoms with Crippen LogP contribution in [0.15, 0.2) is 39.8 Å². The Morgan fingerprint density at radius 3 is 2.48 bits per heavy atom. The second-order valence-corrected chi connectivity index (χ2v) is 7.98. The lowest BCUT2D eigenvalue weighted by Gasteiger charge is -2.13. The van der Waals surface area contributed by atoms with Gasteiger partial charge in [-0.3, -0.25) is 0 Å². The van der Waals surface area contributed by atoms with Crippen molar-refractivity contribution in [2.45, 2.75) is 29.3 Å². The fourth-order valence-corrected chi connectivity index (χ4v) is 3.52. The van der Waals surface area contributed by atoms with Crippen LogP contribution in [0.5, 0.6) is 0 Å². The highest BCUT2D eigenvalue weighted by Crippen LogP contribution is 2.32. The van der Waals surface area contributed by atoms with Crippen molar-refractivity contribution in [2.75, 3.05) is 24.3 Å². The van der Waals surface area contributed by atoms with E-state index in [4.69, 9.17) is 0 Å².